The van der Waals surface area contributed by atoms with Crippen molar-refractivity contribution in [3.8, 4) is 11.4 Å². The summed E-state index contributed by atoms with van der Waals surface area (Å²) in [5, 5.41) is 8.19. The van der Waals surface area contributed by atoms with E-state index in [4.69, 9.17) is 27.7 Å². The number of urea groups is 1. The second-order valence-electron chi connectivity index (χ2n) is 7.68. The molecule has 0 spiro atoms. The Balaban J connectivity index is 1.65. The zero-order chi connectivity index (χ0) is 23.8. The molecule has 1 aromatic heterocycles. The summed E-state index contributed by atoms with van der Waals surface area (Å²) < 4.78 is 19.2. The number of nitrogens with one attached hydrogen (secondary N) is 1. The second-order valence-corrected chi connectivity index (χ2v) is 8.55. The van der Waals surface area contributed by atoms with Crippen molar-refractivity contribution in [2.24, 2.45) is 0 Å². The van der Waals surface area contributed by atoms with Crippen LogP contribution in [0.15, 0.2) is 83.0 Å². The van der Waals surface area contributed by atoms with Crippen LogP contribution in [0.5, 0.6) is 0 Å². The molecule has 1 atom stereocenters. The van der Waals surface area contributed by atoms with Crippen LogP contribution in [0.2, 0.25) is 10.0 Å². The van der Waals surface area contributed by atoms with E-state index >= 15 is 0 Å². The number of nitrogens with zero attached hydrogens (tertiary/aromatic N) is 3. The Morgan fingerprint density at radius 1 is 1.00 bits per heavy atom. The molecule has 5 rings (SSSR count). The predicted molar refractivity (Wildman–Crippen MR) is 129 cm³/mol. The summed E-state index contributed by atoms with van der Waals surface area (Å²) in [5.41, 5.74) is 3.14. The zero-order valence-electron chi connectivity index (χ0n) is 17.8. The maximum absolute atomic E-state index is 13.6. The molecule has 3 aromatic carbocycles. The Morgan fingerprint density at radius 3 is 2.44 bits per heavy atom. The SMILES string of the molecule is CC1=C(c2nc(-c3cccc(Cl)c3)no2)C(c2ccc(F)cc2)NC(=O)N1c1ccc(Cl)cc1. The molecule has 0 aliphatic carbocycles. The van der Waals surface area contributed by atoms with Crippen molar-refractivity contribution < 1.29 is 13.7 Å². The lowest BCUT2D eigenvalue weighted by Crippen LogP contribution is -2.46. The van der Waals surface area contributed by atoms with Crippen LogP contribution in [0.25, 0.3) is 17.0 Å². The number of rotatable bonds is 4. The zero-order valence-corrected chi connectivity index (χ0v) is 19.3. The largest absolute Gasteiger partial charge is 0.334 e. The first-order valence-corrected chi connectivity index (χ1v) is 11.1. The van der Waals surface area contributed by atoms with E-state index in [0.29, 0.717) is 44.0 Å². The number of carbonyl (C=O) groups is 1. The van der Waals surface area contributed by atoms with Gasteiger partial charge in [0.1, 0.15) is 5.82 Å². The highest BCUT2D eigenvalue weighted by molar-refractivity contribution is 6.31. The lowest BCUT2D eigenvalue weighted by molar-refractivity contribution is 0.244. The summed E-state index contributed by atoms with van der Waals surface area (Å²) in [6.45, 7) is 1.79. The maximum Gasteiger partial charge on any atom is 0.326 e. The van der Waals surface area contributed by atoms with Gasteiger partial charge in [-0.05, 0) is 61.0 Å². The van der Waals surface area contributed by atoms with Crippen molar-refractivity contribution in [2.75, 3.05) is 4.90 Å². The van der Waals surface area contributed by atoms with Crippen LogP contribution in [-0.4, -0.2) is 16.2 Å². The van der Waals surface area contributed by atoms with Gasteiger partial charge in [-0.15, -0.1) is 0 Å². The first kappa shape index (κ1) is 22.1. The highest BCUT2D eigenvalue weighted by Crippen LogP contribution is 2.39. The van der Waals surface area contributed by atoms with Crippen molar-refractivity contribution in [1.29, 1.82) is 0 Å². The Morgan fingerprint density at radius 2 is 1.74 bits per heavy atom. The van der Waals surface area contributed by atoms with Crippen LogP contribution in [0.4, 0.5) is 14.9 Å². The molecule has 1 N–H and O–H groups in total. The number of amides is 2. The highest BCUT2D eigenvalue weighted by Gasteiger charge is 2.36. The summed E-state index contributed by atoms with van der Waals surface area (Å²) in [6, 6.07) is 18.9. The molecule has 2 heterocycles. The van der Waals surface area contributed by atoms with E-state index in [1.807, 2.05) is 6.07 Å². The molecule has 2 amide bonds. The number of benzene rings is 3. The molecule has 6 nitrogen and oxygen atoms in total. The average Bonchev–Trinajstić information content (AvgIpc) is 3.30. The minimum atomic E-state index is -0.635. The van der Waals surface area contributed by atoms with Gasteiger partial charge in [-0.2, -0.15) is 4.98 Å². The summed E-state index contributed by atoms with van der Waals surface area (Å²) in [5.74, 6) is 0.198. The lowest BCUT2D eigenvalue weighted by Gasteiger charge is -2.35. The van der Waals surface area contributed by atoms with Crippen LogP contribution in [0, 0.1) is 5.82 Å². The van der Waals surface area contributed by atoms with E-state index in [1.165, 1.54) is 17.0 Å². The molecule has 170 valence electrons. The number of carbonyl (C=O) groups excluding carboxylic acids is 1. The van der Waals surface area contributed by atoms with E-state index in [2.05, 4.69) is 15.5 Å². The molecule has 0 saturated carbocycles. The molecular weight excluding hydrogens is 478 g/mol. The van der Waals surface area contributed by atoms with Crippen molar-refractivity contribution in [1.82, 2.24) is 15.5 Å². The van der Waals surface area contributed by atoms with E-state index in [0.717, 1.165) is 0 Å². The number of aromatic nitrogens is 2. The van der Waals surface area contributed by atoms with E-state index in [-0.39, 0.29) is 17.7 Å². The first-order chi connectivity index (χ1) is 16.4. The molecule has 0 fully saturated rings. The van der Waals surface area contributed by atoms with Crippen molar-refractivity contribution in [3.05, 3.63) is 106 Å². The van der Waals surface area contributed by atoms with E-state index < -0.39 is 6.04 Å². The smallest absolute Gasteiger partial charge is 0.326 e. The second kappa shape index (κ2) is 8.93. The molecule has 0 saturated heterocycles. The monoisotopic (exact) mass is 494 g/mol. The lowest BCUT2D eigenvalue weighted by atomic mass is 9.94. The standard InChI is InChI=1S/C25H17Cl2FN4O2/c1-14-21(24-30-23(31-34-24)16-3-2-4-18(27)13-16)22(15-5-9-19(28)10-6-15)29-25(33)32(14)20-11-7-17(26)8-12-20/h2-13,22H,1H3,(H,29,33). The molecular formula is C25H17Cl2FN4O2. The van der Waals surface area contributed by atoms with Crippen molar-refractivity contribution >= 4 is 40.5 Å². The number of allylic oxidation sites excluding steroid dienone is 1. The van der Waals surface area contributed by atoms with Crippen LogP contribution < -0.4 is 10.2 Å². The van der Waals surface area contributed by atoms with Crippen LogP contribution in [-0.2, 0) is 0 Å². The topological polar surface area (TPSA) is 71.3 Å². The molecule has 4 aromatic rings. The third kappa shape index (κ3) is 4.16. The molecule has 1 aliphatic heterocycles. The fourth-order valence-corrected chi connectivity index (χ4v) is 4.22. The van der Waals surface area contributed by atoms with E-state index in [9.17, 15) is 9.18 Å². The quantitative estimate of drug-likeness (QED) is 0.335. The van der Waals surface area contributed by atoms with Gasteiger partial charge < -0.3 is 9.84 Å². The highest BCUT2D eigenvalue weighted by atomic mass is 35.5. The van der Waals surface area contributed by atoms with Gasteiger partial charge in [0.25, 0.3) is 5.89 Å². The fourth-order valence-electron chi connectivity index (χ4n) is 3.90. The minimum absolute atomic E-state index is 0.223. The number of halogens is 3. The summed E-state index contributed by atoms with van der Waals surface area (Å²) in [6.07, 6.45) is 0. The Kier molecular flexibility index (Phi) is 5.81. The normalized spacial score (nSPS) is 16.1. The minimum Gasteiger partial charge on any atom is -0.334 e. The first-order valence-electron chi connectivity index (χ1n) is 10.3. The molecule has 34 heavy (non-hydrogen) atoms. The Hall–Kier alpha value is -3.68. The predicted octanol–water partition coefficient (Wildman–Crippen LogP) is 6.88. The van der Waals surface area contributed by atoms with Crippen LogP contribution in [0.3, 0.4) is 0 Å². The van der Waals surface area contributed by atoms with Crippen LogP contribution >= 0.6 is 23.2 Å². The van der Waals surface area contributed by atoms with Gasteiger partial charge in [0.15, 0.2) is 0 Å². The maximum atomic E-state index is 13.6. The Labute approximate surface area is 204 Å². The average molecular weight is 495 g/mol. The van der Waals surface area contributed by atoms with Gasteiger partial charge in [0.2, 0.25) is 5.82 Å². The molecule has 9 heteroatoms. The van der Waals surface area contributed by atoms with Gasteiger partial charge in [-0.1, -0.05) is 52.6 Å². The molecule has 0 radical (unpaired) electrons. The fraction of sp³-hybridized carbons (Fsp3) is 0.0800. The molecule has 1 unspecified atom stereocenters. The Bertz CT molecular complexity index is 1400. The molecule has 0 bridgehead atoms. The number of hydrogen-bond acceptors (Lipinski definition) is 4. The summed E-state index contributed by atoms with van der Waals surface area (Å²) in [4.78, 5) is 19.3. The van der Waals surface area contributed by atoms with Crippen molar-refractivity contribution in [3.63, 3.8) is 0 Å². The molecule has 1 aliphatic rings. The van der Waals surface area contributed by atoms with Gasteiger partial charge in [0.05, 0.1) is 17.3 Å². The third-order valence-corrected chi connectivity index (χ3v) is 6.00. The van der Waals surface area contributed by atoms with Crippen LogP contribution in [0.1, 0.15) is 24.4 Å². The van der Waals surface area contributed by atoms with Gasteiger partial charge in [-0.25, -0.2) is 9.18 Å². The van der Waals surface area contributed by atoms with Crippen molar-refractivity contribution in [2.45, 2.75) is 13.0 Å². The van der Waals surface area contributed by atoms with Gasteiger partial charge >= 0.3 is 6.03 Å². The number of hydrogen-bond donors (Lipinski definition) is 1. The summed E-state index contributed by atoms with van der Waals surface area (Å²) in [7, 11) is 0. The van der Waals surface area contributed by atoms with Gasteiger partial charge in [-0.3, -0.25) is 4.90 Å². The number of anilines is 1. The summed E-state index contributed by atoms with van der Waals surface area (Å²) >= 11 is 12.1. The van der Waals surface area contributed by atoms with E-state index in [1.54, 1.807) is 61.5 Å². The third-order valence-electron chi connectivity index (χ3n) is 5.51. The van der Waals surface area contributed by atoms with Gasteiger partial charge in [0, 0.05) is 21.3 Å².